The smallest absolute Gasteiger partial charge is 0.254 e. The second kappa shape index (κ2) is 10.5. The van der Waals surface area contributed by atoms with E-state index in [2.05, 4.69) is 40.0 Å². The first-order valence-corrected chi connectivity index (χ1v) is 13.8. The van der Waals surface area contributed by atoms with Crippen LogP contribution in [-0.2, 0) is 24.3 Å². The monoisotopic (exact) mass is 562 g/mol. The minimum absolute atomic E-state index is 0.0300. The van der Waals surface area contributed by atoms with Crippen molar-refractivity contribution in [2.45, 2.75) is 32.5 Å². The third-order valence-corrected chi connectivity index (χ3v) is 8.41. The molecule has 0 N–H and O–H groups in total. The summed E-state index contributed by atoms with van der Waals surface area (Å²) >= 11 is 12.2. The van der Waals surface area contributed by atoms with Gasteiger partial charge in [-0.15, -0.1) is 0 Å². The lowest BCUT2D eigenvalue weighted by Crippen LogP contribution is -2.55. The number of piperazine rings is 1. The molecule has 1 fully saturated rings. The van der Waals surface area contributed by atoms with Crippen molar-refractivity contribution in [3.8, 4) is 0 Å². The van der Waals surface area contributed by atoms with Gasteiger partial charge in [0, 0.05) is 56.2 Å². The van der Waals surface area contributed by atoms with Gasteiger partial charge in [-0.25, -0.2) is 9.97 Å². The van der Waals surface area contributed by atoms with Gasteiger partial charge < -0.3 is 19.3 Å². The number of nitrogens with zero attached hydrogens (tertiary/aromatic N) is 6. The fraction of sp³-hybridized carbons (Fsp3) is 0.310. The largest absolute Gasteiger partial charge is 0.367 e. The van der Waals surface area contributed by atoms with Crippen LogP contribution >= 0.6 is 23.2 Å². The Kier molecular flexibility index (Phi) is 6.91. The Labute approximate surface area is 236 Å². The number of pyridine rings is 1. The Balaban J connectivity index is 1.16. The van der Waals surface area contributed by atoms with Gasteiger partial charge >= 0.3 is 0 Å². The average molecular weight is 563 g/mol. The van der Waals surface area contributed by atoms with Gasteiger partial charge in [-0.2, -0.15) is 0 Å². The molecule has 2 aromatic carbocycles. The van der Waals surface area contributed by atoms with Crippen LogP contribution in [0.3, 0.4) is 0 Å². The van der Waals surface area contributed by atoms with Crippen LogP contribution in [0.15, 0.2) is 61.1 Å². The maximum atomic E-state index is 13.3. The summed E-state index contributed by atoms with van der Waals surface area (Å²) in [4.78, 5) is 41.5. The van der Waals surface area contributed by atoms with Crippen LogP contribution in [-0.4, -0.2) is 68.4 Å². The first kappa shape index (κ1) is 25.6. The number of carbonyl (C=O) groups excluding carboxylic acids is 2. The summed E-state index contributed by atoms with van der Waals surface area (Å²) in [5, 5.41) is 0.806. The number of benzene rings is 2. The summed E-state index contributed by atoms with van der Waals surface area (Å²) in [6, 6.07) is 15.1. The van der Waals surface area contributed by atoms with Crippen molar-refractivity contribution in [2.75, 3.05) is 31.1 Å². The lowest BCUT2D eigenvalue weighted by Gasteiger charge is -2.42. The molecular formula is C29H28Cl2N6O2. The highest BCUT2D eigenvalue weighted by Crippen LogP contribution is 2.32. The molecule has 0 bridgehead atoms. The Morgan fingerprint density at radius 1 is 1.00 bits per heavy atom. The number of imidazole rings is 1. The SMILES string of the molecule is C[C@@H]1CN(c2cccc3c2CN(C(=O)c2ccc(Cl)c(Cl)c2)CC3)CCN1C(=O)Cn1cnc2cccnc21. The number of aromatic nitrogens is 3. The summed E-state index contributed by atoms with van der Waals surface area (Å²) in [6.45, 7) is 5.52. The standard InChI is InChI=1S/C29H28Cl2N6O2/c1-19-15-34(12-13-37(19)27(38)17-36-18-33-25-5-3-10-32-28(25)36)26-6-2-4-20-9-11-35(16-22(20)26)29(39)21-7-8-23(30)24(31)14-21/h2-8,10,14,18-19H,9,11-13,15-17H2,1H3/t19-/m1/s1. The summed E-state index contributed by atoms with van der Waals surface area (Å²) in [6.07, 6.45) is 4.18. The predicted molar refractivity (Wildman–Crippen MR) is 152 cm³/mol. The number of carbonyl (C=O) groups is 2. The van der Waals surface area contributed by atoms with Crippen LogP contribution in [0.4, 0.5) is 5.69 Å². The highest BCUT2D eigenvalue weighted by molar-refractivity contribution is 6.42. The van der Waals surface area contributed by atoms with E-state index >= 15 is 0 Å². The molecule has 2 aliphatic heterocycles. The Hall–Kier alpha value is -3.62. The molecule has 0 aliphatic carbocycles. The first-order chi connectivity index (χ1) is 18.9. The zero-order valence-corrected chi connectivity index (χ0v) is 23.1. The number of anilines is 1. The fourth-order valence-electron chi connectivity index (χ4n) is 5.64. The maximum Gasteiger partial charge on any atom is 0.254 e. The van der Waals surface area contributed by atoms with Crippen molar-refractivity contribution in [1.82, 2.24) is 24.3 Å². The van der Waals surface area contributed by atoms with Crippen LogP contribution in [0.5, 0.6) is 0 Å². The first-order valence-electron chi connectivity index (χ1n) is 13.0. The molecule has 0 unspecified atom stereocenters. The Morgan fingerprint density at radius 3 is 2.69 bits per heavy atom. The molecule has 0 radical (unpaired) electrons. The number of rotatable bonds is 4. The molecular weight excluding hydrogens is 535 g/mol. The molecule has 2 amide bonds. The van der Waals surface area contributed by atoms with E-state index in [0.29, 0.717) is 47.4 Å². The van der Waals surface area contributed by atoms with Gasteiger partial charge in [0.1, 0.15) is 12.1 Å². The van der Waals surface area contributed by atoms with E-state index < -0.39 is 0 Å². The molecule has 39 heavy (non-hydrogen) atoms. The van der Waals surface area contributed by atoms with Crippen LogP contribution < -0.4 is 4.90 Å². The van der Waals surface area contributed by atoms with E-state index in [9.17, 15) is 9.59 Å². The maximum absolute atomic E-state index is 13.3. The van der Waals surface area contributed by atoms with Crippen LogP contribution in [0.1, 0.15) is 28.4 Å². The molecule has 1 saturated heterocycles. The zero-order chi connectivity index (χ0) is 27.1. The molecule has 8 nitrogen and oxygen atoms in total. The minimum Gasteiger partial charge on any atom is -0.367 e. The van der Waals surface area contributed by atoms with Crippen molar-refractivity contribution in [3.05, 3.63) is 87.8 Å². The minimum atomic E-state index is -0.0562. The van der Waals surface area contributed by atoms with Crippen LogP contribution in [0.25, 0.3) is 11.2 Å². The van der Waals surface area contributed by atoms with E-state index in [0.717, 1.165) is 24.2 Å². The molecule has 4 aromatic rings. The second-order valence-corrected chi connectivity index (χ2v) is 10.9. The molecule has 10 heteroatoms. The van der Waals surface area contributed by atoms with Gasteiger partial charge in [0.25, 0.3) is 5.91 Å². The predicted octanol–water partition coefficient (Wildman–Crippen LogP) is 4.67. The summed E-state index contributed by atoms with van der Waals surface area (Å²) in [7, 11) is 0. The Morgan fingerprint density at radius 2 is 1.87 bits per heavy atom. The van der Waals surface area contributed by atoms with E-state index in [1.807, 2.05) is 26.5 Å². The van der Waals surface area contributed by atoms with Crippen LogP contribution in [0.2, 0.25) is 10.0 Å². The molecule has 200 valence electrons. The van der Waals surface area contributed by atoms with Gasteiger partial charge in [0.2, 0.25) is 5.91 Å². The third-order valence-electron chi connectivity index (χ3n) is 7.67. The average Bonchev–Trinajstić information content (AvgIpc) is 3.36. The Bertz CT molecular complexity index is 1570. The molecule has 2 aromatic heterocycles. The number of halogens is 2. The normalized spacial score (nSPS) is 17.4. The van der Waals surface area contributed by atoms with Gasteiger partial charge in [-0.05, 0) is 60.9 Å². The van der Waals surface area contributed by atoms with E-state index in [1.165, 1.54) is 11.1 Å². The quantitative estimate of drug-likeness (QED) is 0.361. The molecule has 1 atom stereocenters. The van der Waals surface area contributed by atoms with Crippen LogP contribution in [0, 0.1) is 0 Å². The number of fused-ring (bicyclic) bond motifs is 2. The van der Waals surface area contributed by atoms with Gasteiger partial charge in [0.15, 0.2) is 5.65 Å². The molecule has 2 aliphatic rings. The lowest BCUT2D eigenvalue weighted by atomic mass is 9.96. The highest BCUT2D eigenvalue weighted by atomic mass is 35.5. The second-order valence-electron chi connectivity index (χ2n) is 10.1. The third kappa shape index (κ3) is 4.94. The molecule has 0 saturated carbocycles. The molecule has 6 rings (SSSR count). The number of hydrogen-bond donors (Lipinski definition) is 0. The zero-order valence-electron chi connectivity index (χ0n) is 21.6. The fourth-order valence-corrected chi connectivity index (χ4v) is 5.94. The summed E-state index contributed by atoms with van der Waals surface area (Å²) < 4.78 is 1.81. The molecule has 4 heterocycles. The topological polar surface area (TPSA) is 74.6 Å². The number of amides is 2. The highest BCUT2D eigenvalue weighted by Gasteiger charge is 2.31. The number of hydrogen-bond acceptors (Lipinski definition) is 5. The molecule has 0 spiro atoms. The van der Waals surface area contributed by atoms with Crippen molar-refractivity contribution < 1.29 is 9.59 Å². The van der Waals surface area contributed by atoms with Crippen molar-refractivity contribution in [3.63, 3.8) is 0 Å². The van der Waals surface area contributed by atoms with Gasteiger partial charge in [0.05, 0.1) is 16.4 Å². The van der Waals surface area contributed by atoms with Gasteiger partial charge in [-0.1, -0.05) is 35.3 Å². The van der Waals surface area contributed by atoms with E-state index in [4.69, 9.17) is 23.2 Å². The summed E-state index contributed by atoms with van der Waals surface area (Å²) in [5.41, 5.74) is 5.59. The summed E-state index contributed by atoms with van der Waals surface area (Å²) in [5.74, 6) is -0.0000833. The van der Waals surface area contributed by atoms with Gasteiger partial charge in [-0.3, -0.25) is 9.59 Å². The van der Waals surface area contributed by atoms with E-state index in [-0.39, 0.29) is 24.4 Å². The van der Waals surface area contributed by atoms with E-state index in [1.54, 1.807) is 30.7 Å². The van der Waals surface area contributed by atoms with Crippen molar-refractivity contribution >= 4 is 51.9 Å². The van der Waals surface area contributed by atoms with Crippen molar-refractivity contribution in [1.29, 1.82) is 0 Å². The lowest BCUT2D eigenvalue weighted by molar-refractivity contribution is -0.134. The van der Waals surface area contributed by atoms with Crippen molar-refractivity contribution in [2.24, 2.45) is 0 Å².